The minimum atomic E-state index is -0.596. The molecule has 0 radical (unpaired) electrons. The van der Waals surface area contributed by atoms with Gasteiger partial charge >= 0.3 is 0 Å². The second-order valence-electron chi connectivity index (χ2n) is 15.3. The third kappa shape index (κ3) is 2.78. The fourth-order valence-corrected chi connectivity index (χ4v) is 10.6. The normalized spacial score (nSPS) is 54.2. The molecule has 0 aromatic heterocycles. The Balaban J connectivity index is 1.60. The lowest BCUT2D eigenvalue weighted by Crippen LogP contribution is -2.66. The zero-order valence-corrected chi connectivity index (χ0v) is 22.3. The topological polar surface area (TPSA) is 40.5 Å². The van der Waals surface area contributed by atoms with Crippen molar-refractivity contribution in [2.24, 2.45) is 44.3 Å². The van der Waals surface area contributed by atoms with E-state index < -0.39 is 12.2 Å². The van der Waals surface area contributed by atoms with Crippen LogP contribution in [0, 0.1) is 44.3 Å². The molecule has 0 aromatic carbocycles. The van der Waals surface area contributed by atoms with E-state index in [-0.39, 0.29) is 16.2 Å². The first-order chi connectivity index (χ1) is 14.6. The molecule has 5 rings (SSSR count). The van der Waals surface area contributed by atoms with Gasteiger partial charge in [0.15, 0.2) is 0 Å². The maximum absolute atomic E-state index is 11.0. The minimum absolute atomic E-state index is 0.112. The molecule has 182 valence electrons. The molecule has 0 aromatic rings. The van der Waals surface area contributed by atoms with Crippen molar-refractivity contribution in [3.8, 4) is 0 Å². The van der Waals surface area contributed by atoms with Gasteiger partial charge in [-0.1, -0.05) is 66.5 Å². The van der Waals surface area contributed by atoms with Crippen LogP contribution in [0.3, 0.4) is 0 Å². The molecule has 4 saturated carbocycles. The lowest BCUT2D eigenvalue weighted by Gasteiger charge is -2.71. The SMILES string of the molecule is CC1(C)CC[C@]2(C)CC[C@]3(C)C(=C2C1)CC[C@@H]1[C@@]2(C)C[C@@H](O)[C@H](O)C(C)(C)[C@@H]2CC[C@]13C. The smallest absolute Gasteiger partial charge is 0.0852 e. The quantitative estimate of drug-likeness (QED) is 0.387. The lowest BCUT2D eigenvalue weighted by molar-refractivity contribution is -0.233. The molecule has 0 amide bonds. The van der Waals surface area contributed by atoms with Crippen molar-refractivity contribution in [2.45, 2.75) is 132 Å². The maximum atomic E-state index is 11.0. The molecule has 0 heterocycles. The van der Waals surface area contributed by atoms with Crippen LogP contribution in [0.5, 0.6) is 0 Å². The van der Waals surface area contributed by atoms with E-state index >= 15 is 0 Å². The summed E-state index contributed by atoms with van der Waals surface area (Å²) < 4.78 is 0. The molecule has 0 aliphatic heterocycles. The predicted octanol–water partition coefficient (Wildman–Crippen LogP) is 7.28. The van der Waals surface area contributed by atoms with Crippen LogP contribution in [0.15, 0.2) is 11.1 Å². The second kappa shape index (κ2) is 6.66. The van der Waals surface area contributed by atoms with Crippen molar-refractivity contribution in [3.05, 3.63) is 11.1 Å². The van der Waals surface area contributed by atoms with Crippen LogP contribution in [-0.4, -0.2) is 22.4 Å². The summed E-state index contributed by atoms with van der Waals surface area (Å²) in [7, 11) is 0. The van der Waals surface area contributed by atoms with E-state index in [0.717, 1.165) is 6.42 Å². The van der Waals surface area contributed by atoms with Crippen LogP contribution in [0.1, 0.15) is 120 Å². The molecule has 2 nitrogen and oxygen atoms in total. The van der Waals surface area contributed by atoms with Gasteiger partial charge in [0.05, 0.1) is 12.2 Å². The van der Waals surface area contributed by atoms with Crippen molar-refractivity contribution in [1.82, 2.24) is 0 Å². The predicted molar refractivity (Wildman–Crippen MR) is 132 cm³/mol. The van der Waals surface area contributed by atoms with Crippen molar-refractivity contribution in [1.29, 1.82) is 0 Å². The lowest BCUT2D eigenvalue weighted by atomic mass is 9.34. The summed E-state index contributed by atoms with van der Waals surface area (Å²) in [5.74, 6) is 1.12. The highest BCUT2D eigenvalue weighted by Crippen LogP contribution is 2.75. The highest BCUT2D eigenvalue weighted by molar-refractivity contribution is 5.38. The zero-order chi connectivity index (χ0) is 23.5. The van der Waals surface area contributed by atoms with Crippen molar-refractivity contribution >= 4 is 0 Å². The van der Waals surface area contributed by atoms with E-state index in [9.17, 15) is 10.2 Å². The standard InChI is InChI=1S/C30H50O2/c1-25(2)13-14-27(5)15-16-29(7)19(20(27)17-25)9-10-23-28(6)18-21(31)24(32)26(3,4)22(28)11-12-30(23,29)8/h21-24,31-32H,9-18H2,1-8H3/t21-,22+,23-,24+,27-,28+,29-,30-/m1/s1. The third-order valence-corrected chi connectivity index (χ3v) is 12.9. The Labute approximate surface area is 197 Å². The van der Waals surface area contributed by atoms with Crippen LogP contribution >= 0.6 is 0 Å². The van der Waals surface area contributed by atoms with Gasteiger partial charge in [0.1, 0.15) is 0 Å². The van der Waals surface area contributed by atoms with E-state index in [2.05, 4.69) is 55.4 Å². The van der Waals surface area contributed by atoms with Gasteiger partial charge in [-0.25, -0.2) is 0 Å². The molecule has 0 bridgehead atoms. The molecule has 0 spiro atoms. The summed E-state index contributed by atoms with van der Waals surface area (Å²) in [6.07, 6.45) is 11.3. The van der Waals surface area contributed by atoms with Gasteiger partial charge in [0.25, 0.3) is 0 Å². The van der Waals surface area contributed by atoms with Crippen LogP contribution in [0.2, 0.25) is 0 Å². The molecule has 5 aliphatic carbocycles. The van der Waals surface area contributed by atoms with Crippen LogP contribution in [0.25, 0.3) is 0 Å². The highest BCUT2D eigenvalue weighted by Gasteiger charge is 2.68. The van der Waals surface area contributed by atoms with Crippen molar-refractivity contribution < 1.29 is 10.2 Å². The number of aliphatic hydroxyl groups excluding tert-OH is 2. The first kappa shape index (κ1) is 23.4. The zero-order valence-electron chi connectivity index (χ0n) is 22.3. The average molecular weight is 443 g/mol. The van der Waals surface area contributed by atoms with E-state index in [1.807, 2.05) is 11.1 Å². The Morgan fingerprint density at radius 3 is 2.06 bits per heavy atom. The summed E-state index contributed by atoms with van der Waals surface area (Å²) in [5, 5.41) is 21.9. The Morgan fingerprint density at radius 1 is 0.719 bits per heavy atom. The minimum Gasteiger partial charge on any atom is -0.390 e. The maximum Gasteiger partial charge on any atom is 0.0852 e. The number of rotatable bonds is 0. The van der Waals surface area contributed by atoms with Gasteiger partial charge in [-0.15, -0.1) is 0 Å². The molecule has 0 unspecified atom stereocenters. The first-order valence-corrected chi connectivity index (χ1v) is 13.7. The van der Waals surface area contributed by atoms with Crippen molar-refractivity contribution in [3.63, 3.8) is 0 Å². The Morgan fingerprint density at radius 2 is 1.38 bits per heavy atom. The molecule has 0 saturated heterocycles. The Bertz CT molecular complexity index is 838. The number of fused-ring (bicyclic) bond motifs is 6. The van der Waals surface area contributed by atoms with Crippen molar-refractivity contribution in [2.75, 3.05) is 0 Å². The van der Waals surface area contributed by atoms with Gasteiger partial charge < -0.3 is 10.2 Å². The van der Waals surface area contributed by atoms with Gasteiger partial charge in [0.2, 0.25) is 0 Å². The van der Waals surface area contributed by atoms with E-state index in [4.69, 9.17) is 0 Å². The van der Waals surface area contributed by atoms with Crippen LogP contribution in [-0.2, 0) is 0 Å². The summed E-state index contributed by atoms with van der Waals surface area (Å²) in [5.41, 5.74) is 5.06. The van der Waals surface area contributed by atoms with Gasteiger partial charge in [-0.05, 0) is 109 Å². The van der Waals surface area contributed by atoms with Gasteiger partial charge in [0, 0.05) is 0 Å². The van der Waals surface area contributed by atoms with Crippen LogP contribution in [0.4, 0.5) is 0 Å². The number of hydrogen-bond acceptors (Lipinski definition) is 2. The number of aliphatic hydroxyl groups is 2. The van der Waals surface area contributed by atoms with Gasteiger partial charge in [-0.2, -0.15) is 0 Å². The van der Waals surface area contributed by atoms with E-state index in [1.54, 1.807) is 0 Å². The number of hydrogen-bond donors (Lipinski definition) is 2. The molecular formula is C30H50O2. The fraction of sp³-hybridized carbons (Fsp3) is 0.933. The third-order valence-electron chi connectivity index (χ3n) is 12.9. The van der Waals surface area contributed by atoms with Crippen LogP contribution < -0.4 is 0 Å². The summed E-state index contributed by atoms with van der Waals surface area (Å²) >= 11 is 0. The fourth-order valence-electron chi connectivity index (χ4n) is 10.6. The molecule has 5 aliphatic rings. The monoisotopic (exact) mass is 442 g/mol. The molecule has 2 N–H and O–H groups in total. The average Bonchev–Trinajstić information content (AvgIpc) is 2.68. The highest BCUT2D eigenvalue weighted by atomic mass is 16.3. The molecule has 2 heteroatoms. The largest absolute Gasteiger partial charge is 0.390 e. The second-order valence-corrected chi connectivity index (χ2v) is 15.3. The van der Waals surface area contributed by atoms with Gasteiger partial charge in [-0.3, -0.25) is 0 Å². The van der Waals surface area contributed by atoms with E-state index in [0.29, 0.717) is 28.1 Å². The summed E-state index contributed by atoms with van der Waals surface area (Å²) in [6, 6.07) is 0. The summed E-state index contributed by atoms with van der Waals surface area (Å²) in [6.45, 7) is 19.8. The Hall–Kier alpha value is -0.340. The summed E-state index contributed by atoms with van der Waals surface area (Å²) in [4.78, 5) is 0. The number of allylic oxidation sites excluding steroid dienone is 2. The van der Waals surface area contributed by atoms with E-state index in [1.165, 1.54) is 57.8 Å². The molecular weight excluding hydrogens is 392 g/mol. The molecule has 8 atom stereocenters. The molecule has 4 fully saturated rings. The Kier molecular flexibility index (Phi) is 4.87. The first-order valence-electron chi connectivity index (χ1n) is 13.7. The molecule has 32 heavy (non-hydrogen) atoms.